The van der Waals surface area contributed by atoms with Gasteiger partial charge in [-0.2, -0.15) is 0 Å². The first kappa shape index (κ1) is 18.4. The van der Waals surface area contributed by atoms with Crippen molar-refractivity contribution in [3.05, 3.63) is 64.3 Å². The van der Waals surface area contributed by atoms with E-state index in [2.05, 4.69) is 84.1 Å². The van der Waals surface area contributed by atoms with Crippen molar-refractivity contribution in [1.29, 1.82) is 0 Å². The Hall–Kier alpha value is -2.38. The summed E-state index contributed by atoms with van der Waals surface area (Å²) in [5.41, 5.74) is 6.25. The van der Waals surface area contributed by atoms with E-state index in [0.29, 0.717) is 0 Å². The van der Waals surface area contributed by atoms with Crippen molar-refractivity contribution in [2.24, 2.45) is 0 Å². The second-order valence-electron chi connectivity index (χ2n) is 7.81. The van der Waals surface area contributed by atoms with E-state index in [-0.39, 0.29) is 0 Å². The molecule has 0 saturated heterocycles. The largest absolute Gasteiger partial charge is 0.343 e. The maximum atomic E-state index is 5.01. The molecule has 0 amide bonds. The molecule has 2 aromatic heterocycles. The van der Waals surface area contributed by atoms with E-state index >= 15 is 0 Å². The molecule has 0 N–H and O–H groups in total. The highest BCUT2D eigenvalue weighted by Crippen LogP contribution is 2.40. The van der Waals surface area contributed by atoms with Crippen molar-refractivity contribution in [2.45, 2.75) is 37.5 Å². The fraction of sp³-hybridized carbons (Fsp3) is 0.261. The van der Waals surface area contributed by atoms with Crippen molar-refractivity contribution in [2.75, 3.05) is 10.8 Å². The first-order valence-electron chi connectivity index (χ1n) is 10.3. The Labute approximate surface area is 187 Å². The lowest BCUT2D eigenvalue weighted by Crippen LogP contribution is -2.32. The summed E-state index contributed by atoms with van der Waals surface area (Å²) in [6.45, 7) is 0.751. The minimum Gasteiger partial charge on any atom is -0.343 e. The third-order valence-corrected chi connectivity index (χ3v) is 7.47. The molecule has 0 atom stereocenters. The number of rotatable bonds is 2. The second kappa shape index (κ2) is 7.39. The fourth-order valence-corrected chi connectivity index (χ4v) is 5.67. The number of aromatic nitrogens is 4. The molecule has 1 aliphatic carbocycles. The SMILES string of the molecule is Brc1ccc(-c2nnc3n2CN(c2c4c(nc5ccccc25)CCCC4)CS3)cc1. The normalized spacial score (nSPS) is 15.8. The predicted molar refractivity (Wildman–Crippen MR) is 125 cm³/mol. The Morgan fingerprint density at radius 3 is 2.67 bits per heavy atom. The zero-order chi connectivity index (χ0) is 20.1. The molecule has 150 valence electrons. The van der Waals surface area contributed by atoms with Gasteiger partial charge in [0.25, 0.3) is 0 Å². The molecule has 0 fully saturated rings. The predicted octanol–water partition coefficient (Wildman–Crippen LogP) is 5.66. The van der Waals surface area contributed by atoms with Crippen LogP contribution in [0.25, 0.3) is 22.3 Å². The molecule has 0 spiro atoms. The molecule has 0 saturated carbocycles. The Kier molecular flexibility index (Phi) is 4.53. The van der Waals surface area contributed by atoms with E-state index in [1.54, 1.807) is 11.8 Å². The molecule has 4 aromatic rings. The number of halogens is 1. The van der Waals surface area contributed by atoms with Gasteiger partial charge in [0, 0.05) is 21.1 Å². The average molecular weight is 478 g/mol. The monoisotopic (exact) mass is 477 g/mol. The van der Waals surface area contributed by atoms with E-state index in [9.17, 15) is 0 Å². The standard InChI is InChI=1S/C23H20BrN5S/c24-16-11-9-15(10-12-16)22-26-27-23-29(22)13-28(14-30-23)21-17-5-1-3-7-19(17)25-20-8-4-2-6-18(20)21/h1,3,5,7,9-12H,2,4,6,8,13-14H2. The number of anilines is 1. The van der Waals surface area contributed by atoms with Crippen molar-refractivity contribution in [3.63, 3.8) is 0 Å². The van der Waals surface area contributed by atoms with Crippen LogP contribution in [0.15, 0.2) is 58.2 Å². The maximum Gasteiger partial charge on any atom is 0.194 e. The van der Waals surface area contributed by atoms with E-state index in [1.165, 1.54) is 35.2 Å². The third-order valence-electron chi connectivity index (χ3n) is 5.94. The highest BCUT2D eigenvalue weighted by molar-refractivity contribution is 9.10. The molecule has 2 aromatic carbocycles. The van der Waals surface area contributed by atoms with Gasteiger partial charge >= 0.3 is 0 Å². The third kappa shape index (κ3) is 3.03. The van der Waals surface area contributed by atoms with Gasteiger partial charge in [-0.25, -0.2) is 0 Å². The van der Waals surface area contributed by atoms with Crippen LogP contribution in [0.4, 0.5) is 5.69 Å². The summed E-state index contributed by atoms with van der Waals surface area (Å²) in [6, 6.07) is 16.9. The minimum absolute atomic E-state index is 0.751. The van der Waals surface area contributed by atoms with Gasteiger partial charge in [0.05, 0.1) is 23.7 Å². The number of aryl methyl sites for hydroxylation is 1. The van der Waals surface area contributed by atoms with Gasteiger partial charge in [0.15, 0.2) is 11.0 Å². The molecule has 0 radical (unpaired) electrons. The number of para-hydroxylation sites is 1. The summed E-state index contributed by atoms with van der Waals surface area (Å²) >= 11 is 5.28. The molecular weight excluding hydrogens is 458 g/mol. The molecule has 5 nitrogen and oxygen atoms in total. The highest BCUT2D eigenvalue weighted by Gasteiger charge is 2.27. The van der Waals surface area contributed by atoms with Crippen LogP contribution in [-0.2, 0) is 19.5 Å². The number of benzene rings is 2. The summed E-state index contributed by atoms with van der Waals surface area (Å²) in [6.07, 6.45) is 4.66. The van der Waals surface area contributed by atoms with Crippen LogP contribution in [0.5, 0.6) is 0 Å². The lowest BCUT2D eigenvalue weighted by Gasteiger charge is -2.33. The van der Waals surface area contributed by atoms with E-state index in [4.69, 9.17) is 4.98 Å². The lowest BCUT2D eigenvalue weighted by molar-refractivity contribution is 0.601. The molecule has 6 rings (SSSR count). The smallest absolute Gasteiger partial charge is 0.194 e. The average Bonchev–Trinajstić information content (AvgIpc) is 3.21. The number of fused-ring (bicyclic) bond motifs is 3. The van der Waals surface area contributed by atoms with Gasteiger partial charge in [0.2, 0.25) is 0 Å². The number of hydrogen-bond acceptors (Lipinski definition) is 5. The quantitative estimate of drug-likeness (QED) is 0.372. The molecular formula is C23H20BrN5S. The molecule has 3 heterocycles. The lowest BCUT2D eigenvalue weighted by atomic mass is 9.92. The van der Waals surface area contributed by atoms with Crippen molar-refractivity contribution >= 4 is 44.3 Å². The Morgan fingerprint density at radius 1 is 0.933 bits per heavy atom. The maximum absolute atomic E-state index is 5.01. The highest BCUT2D eigenvalue weighted by atomic mass is 79.9. The summed E-state index contributed by atoms with van der Waals surface area (Å²) in [5.74, 6) is 1.79. The first-order valence-corrected chi connectivity index (χ1v) is 12.0. The van der Waals surface area contributed by atoms with Crippen LogP contribution >= 0.6 is 27.7 Å². The van der Waals surface area contributed by atoms with Crippen LogP contribution in [0, 0.1) is 0 Å². The van der Waals surface area contributed by atoms with Crippen LogP contribution in [0.3, 0.4) is 0 Å². The second-order valence-corrected chi connectivity index (χ2v) is 9.63. The van der Waals surface area contributed by atoms with Gasteiger partial charge in [-0.1, -0.05) is 58.0 Å². The summed E-state index contributed by atoms with van der Waals surface area (Å²) in [5, 5.41) is 11.2. The Morgan fingerprint density at radius 2 is 1.77 bits per heavy atom. The van der Waals surface area contributed by atoms with Crippen molar-refractivity contribution in [1.82, 2.24) is 19.7 Å². The summed E-state index contributed by atoms with van der Waals surface area (Å²) < 4.78 is 3.30. The Bertz CT molecular complexity index is 1250. The minimum atomic E-state index is 0.751. The molecule has 1 aliphatic heterocycles. The van der Waals surface area contributed by atoms with E-state index in [1.807, 2.05) is 0 Å². The van der Waals surface area contributed by atoms with Crippen LogP contribution in [-0.4, -0.2) is 25.6 Å². The van der Waals surface area contributed by atoms with E-state index in [0.717, 1.165) is 51.9 Å². The van der Waals surface area contributed by atoms with Gasteiger partial charge in [-0.3, -0.25) is 9.55 Å². The van der Waals surface area contributed by atoms with Gasteiger partial charge in [-0.05, 0) is 49.4 Å². The van der Waals surface area contributed by atoms with Crippen molar-refractivity contribution in [3.8, 4) is 11.4 Å². The zero-order valence-electron chi connectivity index (χ0n) is 16.4. The molecule has 0 unspecified atom stereocenters. The van der Waals surface area contributed by atoms with Crippen LogP contribution in [0.1, 0.15) is 24.1 Å². The topological polar surface area (TPSA) is 46.8 Å². The number of hydrogen-bond donors (Lipinski definition) is 0. The fourth-order valence-electron chi connectivity index (χ4n) is 4.53. The molecule has 30 heavy (non-hydrogen) atoms. The molecule has 0 bridgehead atoms. The van der Waals surface area contributed by atoms with Crippen molar-refractivity contribution < 1.29 is 0 Å². The molecule has 7 heteroatoms. The summed E-state index contributed by atoms with van der Waals surface area (Å²) in [7, 11) is 0. The first-order chi connectivity index (χ1) is 14.8. The van der Waals surface area contributed by atoms with Gasteiger partial charge in [0.1, 0.15) is 0 Å². The number of thioether (sulfide) groups is 1. The zero-order valence-corrected chi connectivity index (χ0v) is 18.8. The van der Waals surface area contributed by atoms with E-state index < -0.39 is 0 Å². The Balaban J connectivity index is 1.47. The number of nitrogens with zero attached hydrogens (tertiary/aromatic N) is 5. The van der Waals surface area contributed by atoms with Crippen LogP contribution < -0.4 is 4.90 Å². The molecule has 2 aliphatic rings. The van der Waals surface area contributed by atoms with Gasteiger partial charge < -0.3 is 4.90 Å². The van der Waals surface area contributed by atoms with Gasteiger partial charge in [-0.15, -0.1) is 10.2 Å². The number of pyridine rings is 1. The summed E-state index contributed by atoms with van der Waals surface area (Å²) in [4.78, 5) is 7.49. The van der Waals surface area contributed by atoms with Crippen LogP contribution in [0.2, 0.25) is 0 Å².